The number of hydrogen-bond acceptors (Lipinski definition) is 2. The van der Waals surface area contributed by atoms with Crippen molar-refractivity contribution < 1.29 is 0 Å². The summed E-state index contributed by atoms with van der Waals surface area (Å²) < 4.78 is 0. The van der Waals surface area contributed by atoms with Crippen LogP contribution in [0, 0.1) is 5.41 Å². The molecule has 1 saturated heterocycles. The summed E-state index contributed by atoms with van der Waals surface area (Å²) in [6, 6.07) is 9.50. The van der Waals surface area contributed by atoms with E-state index < -0.39 is 0 Å². The molecule has 0 spiro atoms. The molecule has 1 N–H and O–H groups in total. The van der Waals surface area contributed by atoms with Crippen LogP contribution in [-0.2, 0) is 0 Å². The molecule has 1 atom stereocenters. The molecule has 0 aliphatic carbocycles. The summed E-state index contributed by atoms with van der Waals surface area (Å²) in [5, 5.41) is 3.48. The number of anilines is 1. The van der Waals surface area contributed by atoms with E-state index in [0.717, 1.165) is 13.1 Å². The maximum atomic E-state index is 3.48. The van der Waals surface area contributed by atoms with Gasteiger partial charge in [-0.3, -0.25) is 0 Å². The van der Waals surface area contributed by atoms with Gasteiger partial charge in [-0.15, -0.1) is 0 Å². The van der Waals surface area contributed by atoms with Crippen molar-refractivity contribution in [2.24, 2.45) is 5.41 Å². The highest BCUT2D eigenvalue weighted by Gasteiger charge is 2.35. The lowest BCUT2D eigenvalue weighted by atomic mass is 9.78. The monoisotopic (exact) mass is 260 g/mol. The van der Waals surface area contributed by atoms with Gasteiger partial charge in [0, 0.05) is 24.8 Å². The molecule has 0 aromatic heterocycles. The Balaban J connectivity index is 2.25. The highest BCUT2D eigenvalue weighted by Crippen LogP contribution is 2.35. The summed E-state index contributed by atoms with van der Waals surface area (Å²) in [5.74, 6) is 0.585. The van der Waals surface area contributed by atoms with Crippen LogP contribution in [0.15, 0.2) is 24.3 Å². The SMILES string of the molecule is CNC1CCN(c2ccccc2C(C)C)CC1(C)C. The number of piperidine rings is 1. The van der Waals surface area contributed by atoms with E-state index in [0.29, 0.717) is 17.4 Å². The second-order valence-corrected chi connectivity index (χ2v) is 6.75. The Bertz CT molecular complexity index is 423. The molecule has 19 heavy (non-hydrogen) atoms. The fourth-order valence-corrected chi connectivity index (χ4v) is 3.36. The molecular weight excluding hydrogens is 232 g/mol. The molecule has 1 heterocycles. The number of rotatable bonds is 3. The Morgan fingerprint density at radius 1 is 1.26 bits per heavy atom. The van der Waals surface area contributed by atoms with Crippen molar-refractivity contribution in [1.29, 1.82) is 0 Å². The van der Waals surface area contributed by atoms with Crippen molar-refractivity contribution >= 4 is 5.69 Å². The zero-order chi connectivity index (χ0) is 14.0. The van der Waals surface area contributed by atoms with Gasteiger partial charge in [-0.25, -0.2) is 0 Å². The zero-order valence-electron chi connectivity index (χ0n) is 13.0. The van der Waals surface area contributed by atoms with Gasteiger partial charge in [-0.1, -0.05) is 45.9 Å². The quantitative estimate of drug-likeness (QED) is 0.892. The van der Waals surface area contributed by atoms with E-state index in [4.69, 9.17) is 0 Å². The Kier molecular flexibility index (Phi) is 4.19. The van der Waals surface area contributed by atoms with Gasteiger partial charge in [0.2, 0.25) is 0 Å². The third-order valence-corrected chi connectivity index (χ3v) is 4.48. The number of para-hydroxylation sites is 1. The van der Waals surface area contributed by atoms with E-state index in [1.54, 1.807) is 0 Å². The minimum Gasteiger partial charge on any atom is -0.371 e. The smallest absolute Gasteiger partial charge is 0.0401 e. The van der Waals surface area contributed by atoms with Gasteiger partial charge in [0.15, 0.2) is 0 Å². The molecule has 2 rings (SSSR count). The van der Waals surface area contributed by atoms with E-state index in [1.807, 2.05) is 0 Å². The minimum absolute atomic E-state index is 0.317. The van der Waals surface area contributed by atoms with Gasteiger partial charge in [-0.05, 0) is 36.4 Å². The second-order valence-electron chi connectivity index (χ2n) is 6.75. The van der Waals surface area contributed by atoms with Gasteiger partial charge in [0.1, 0.15) is 0 Å². The summed E-state index contributed by atoms with van der Waals surface area (Å²) >= 11 is 0. The van der Waals surface area contributed by atoms with Gasteiger partial charge in [0.05, 0.1) is 0 Å². The van der Waals surface area contributed by atoms with E-state index >= 15 is 0 Å². The van der Waals surface area contributed by atoms with Crippen molar-refractivity contribution in [3.05, 3.63) is 29.8 Å². The molecule has 2 nitrogen and oxygen atoms in total. The third-order valence-electron chi connectivity index (χ3n) is 4.48. The van der Waals surface area contributed by atoms with Crippen LogP contribution in [0.4, 0.5) is 5.69 Å². The topological polar surface area (TPSA) is 15.3 Å². The van der Waals surface area contributed by atoms with E-state index in [1.165, 1.54) is 17.7 Å². The molecule has 1 aromatic rings. The molecule has 106 valence electrons. The fourth-order valence-electron chi connectivity index (χ4n) is 3.36. The van der Waals surface area contributed by atoms with Crippen molar-refractivity contribution in [2.75, 3.05) is 25.0 Å². The zero-order valence-corrected chi connectivity index (χ0v) is 13.0. The first-order chi connectivity index (χ1) is 8.95. The Labute approximate surface area is 118 Å². The van der Waals surface area contributed by atoms with Crippen LogP contribution in [0.2, 0.25) is 0 Å². The molecule has 0 bridgehead atoms. The summed E-state index contributed by atoms with van der Waals surface area (Å²) in [5.41, 5.74) is 3.22. The molecule has 1 fully saturated rings. The summed E-state index contributed by atoms with van der Waals surface area (Å²) in [6.45, 7) is 11.6. The number of nitrogens with one attached hydrogen (secondary N) is 1. The van der Waals surface area contributed by atoms with E-state index in [-0.39, 0.29) is 0 Å². The third kappa shape index (κ3) is 2.94. The van der Waals surface area contributed by atoms with Crippen molar-refractivity contribution in [3.8, 4) is 0 Å². The van der Waals surface area contributed by atoms with Crippen LogP contribution in [0.3, 0.4) is 0 Å². The van der Waals surface area contributed by atoms with Crippen molar-refractivity contribution in [2.45, 2.75) is 46.1 Å². The lowest BCUT2D eigenvalue weighted by Crippen LogP contribution is -2.53. The lowest BCUT2D eigenvalue weighted by molar-refractivity contribution is 0.215. The highest BCUT2D eigenvalue weighted by atomic mass is 15.2. The standard InChI is InChI=1S/C17H28N2/c1-13(2)14-8-6-7-9-15(14)19-11-10-16(18-5)17(3,4)12-19/h6-9,13,16,18H,10-12H2,1-5H3. The average Bonchev–Trinajstić information content (AvgIpc) is 2.37. The summed E-state index contributed by atoms with van der Waals surface area (Å²) in [6.07, 6.45) is 1.22. The first-order valence-corrected chi connectivity index (χ1v) is 7.47. The Hall–Kier alpha value is -1.02. The van der Waals surface area contributed by atoms with Gasteiger partial charge in [-0.2, -0.15) is 0 Å². The number of nitrogens with zero attached hydrogens (tertiary/aromatic N) is 1. The fraction of sp³-hybridized carbons (Fsp3) is 0.647. The maximum absolute atomic E-state index is 3.48. The van der Waals surface area contributed by atoms with Crippen LogP contribution in [-0.4, -0.2) is 26.2 Å². The lowest BCUT2D eigenvalue weighted by Gasteiger charge is -2.46. The van der Waals surface area contributed by atoms with Crippen LogP contribution in [0.25, 0.3) is 0 Å². The van der Waals surface area contributed by atoms with Crippen LogP contribution < -0.4 is 10.2 Å². The predicted molar refractivity (Wildman–Crippen MR) is 84.0 cm³/mol. The van der Waals surface area contributed by atoms with Gasteiger partial charge < -0.3 is 10.2 Å². The molecule has 1 aliphatic heterocycles. The van der Waals surface area contributed by atoms with Crippen molar-refractivity contribution in [3.63, 3.8) is 0 Å². The molecule has 2 heteroatoms. The van der Waals surface area contributed by atoms with Crippen LogP contribution in [0.5, 0.6) is 0 Å². The van der Waals surface area contributed by atoms with E-state index in [2.05, 4.69) is 69.2 Å². The Morgan fingerprint density at radius 2 is 1.95 bits per heavy atom. The minimum atomic E-state index is 0.317. The predicted octanol–water partition coefficient (Wildman–Crippen LogP) is 3.63. The largest absolute Gasteiger partial charge is 0.371 e. The Morgan fingerprint density at radius 3 is 2.53 bits per heavy atom. The molecular formula is C17H28N2. The maximum Gasteiger partial charge on any atom is 0.0401 e. The second kappa shape index (κ2) is 5.54. The molecule has 1 aliphatic rings. The van der Waals surface area contributed by atoms with Crippen LogP contribution >= 0.6 is 0 Å². The van der Waals surface area contributed by atoms with Crippen molar-refractivity contribution in [1.82, 2.24) is 5.32 Å². The summed E-state index contributed by atoms with van der Waals surface area (Å²) in [7, 11) is 2.09. The van der Waals surface area contributed by atoms with Crippen LogP contribution in [0.1, 0.15) is 45.6 Å². The molecule has 0 radical (unpaired) electrons. The molecule has 1 aromatic carbocycles. The molecule has 1 unspecified atom stereocenters. The highest BCUT2D eigenvalue weighted by molar-refractivity contribution is 5.55. The molecule has 0 saturated carbocycles. The average molecular weight is 260 g/mol. The number of hydrogen-bond donors (Lipinski definition) is 1. The van der Waals surface area contributed by atoms with Gasteiger partial charge in [0.25, 0.3) is 0 Å². The first-order valence-electron chi connectivity index (χ1n) is 7.47. The van der Waals surface area contributed by atoms with Gasteiger partial charge >= 0.3 is 0 Å². The first kappa shape index (κ1) is 14.4. The molecule has 0 amide bonds. The number of benzene rings is 1. The van der Waals surface area contributed by atoms with E-state index in [9.17, 15) is 0 Å². The summed E-state index contributed by atoms with van der Waals surface area (Å²) in [4.78, 5) is 2.57. The normalized spacial score (nSPS) is 22.8.